The third-order valence-corrected chi connectivity index (χ3v) is 7.29. The molecule has 3 heterocycles. The molecule has 3 saturated heterocycles. The molecule has 0 bridgehead atoms. The maximum Gasteiger partial charge on any atom is 0.410 e. The van der Waals surface area contributed by atoms with Crippen LogP contribution in [0.15, 0.2) is 24.3 Å². The Morgan fingerprint density at radius 3 is 2.71 bits per heavy atom. The molecule has 0 aliphatic carbocycles. The van der Waals surface area contributed by atoms with E-state index in [-0.39, 0.29) is 6.09 Å². The van der Waals surface area contributed by atoms with Gasteiger partial charge in [0.25, 0.3) is 0 Å². The van der Waals surface area contributed by atoms with Crippen LogP contribution in [0.25, 0.3) is 0 Å². The summed E-state index contributed by atoms with van der Waals surface area (Å²) in [6.45, 7) is 12.9. The fourth-order valence-corrected chi connectivity index (χ4v) is 5.55. The van der Waals surface area contributed by atoms with Crippen molar-refractivity contribution in [3.05, 3.63) is 29.8 Å². The van der Waals surface area contributed by atoms with Gasteiger partial charge in [0.1, 0.15) is 11.4 Å². The van der Waals surface area contributed by atoms with Gasteiger partial charge in [0.2, 0.25) is 0 Å². The van der Waals surface area contributed by atoms with Crippen LogP contribution in [-0.2, 0) is 16.0 Å². The van der Waals surface area contributed by atoms with Crippen molar-refractivity contribution < 1.29 is 19.0 Å². The fourth-order valence-electron chi connectivity index (χ4n) is 5.55. The van der Waals surface area contributed by atoms with Crippen LogP contribution in [0.2, 0.25) is 0 Å². The number of rotatable bonds is 7. The lowest BCUT2D eigenvalue weighted by Gasteiger charge is -2.46. The van der Waals surface area contributed by atoms with Gasteiger partial charge in [-0.15, -0.1) is 0 Å². The second kappa shape index (κ2) is 11.3. The quantitative estimate of drug-likeness (QED) is 0.597. The van der Waals surface area contributed by atoms with E-state index in [1.54, 1.807) is 7.11 Å². The van der Waals surface area contributed by atoms with Gasteiger partial charge in [0.15, 0.2) is 0 Å². The number of hydrogen-bond donors (Lipinski definition) is 0. The van der Waals surface area contributed by atoms with Gasteiger partial charge in [0, 0.05) is 57.8 Å². The summed E-state index contributed by atoms with van der Waals surface area (Å²) in [5.41, 5.74) is 0.864. The maximum atomic E-state index is 12.5. The molecule has 0 N–H and O–H groups in total. The van der Waals surface area contributed by atoms with E-state index < -0.39 is 5.60 Å². The van der Waals surface area contributed by atoms with E-state index in [1.807, 2.05) is 25.7 Å². The van der Waals surface area contributed by atoms with E-state index in [9.17, 15) is 4.79 Å². The zero-order valence-electron chi connectivity index (χ0n) is 21.5. The first-order valence-electron chi connectivity index (χ1n) is 13.0. The number of nitrogens with zero attached hydrogens (tertiary/aromatic N) is 3. The normalized spacial score (nSPS) is 26.4. The van der Waals surface area contributed by atoms with Crippen molar-refractivity contribution in [2.24, 2.45) is 5.92 Å². The van der Waals surface area contributed by atoms with Crippen LogP contribution in [0.1, 0.15) is 52.0 Å². The van der Waals surface area contributed by atoms with Crippen molar-refractivity contribution in [3.8, 4) is 5.75 Å². The predicted octanol–water partition coefficient (Wildman–Crippen LogP) is 4.01. The van der Waals surface area contributed by atoms with Crippen LogP contribution in [0.4, 0.5) is 4.79 Å². The largest absolute Gasteiger partial charge is 0.493 e. The molecule has 190 valence electrons. The zero-order chi connectivity index (χ0) is 24.1. The van der Waals surface area contributed by atoms with Gasteiger partial charge in [-0.25, -0.2) is 4.79 Å². The van der Waals surface area contributed by atoms with Crippen molar-refractivity contribution in [2.75, 3.05) is 53.0 Å². The number of carbonyl (C=O) groups is 1. The Morgan fingerprint density at radius 2 is 1.91 bits per heavy atom. The number of piperidine rings is 1. The summed E-state index contributed by atoms with van der Waals surface area (Å²) in [6, 6.07) is 9.55. The van der Waals surface area contributed by atoms with Crippen LogP contribution in [-0.4, -0.2) is 91.5 Å². The second-order valence-corrected chi connectivity index (χ2v) is 11.2. The van der Waals surface area contributed by atoms with E-state index in [0.717, 1.165) is 71.1 Å². The minimum Gasteiger partial charge on any atom is -0.493 e. The minimum absolute atomic E-state index is 0.181. The molecular formula is C27H43N3O4. The van der Waals surface area contributed by atoms with Crippen LogP contribution in [0.3, 0.4) is 0 Å². The Hall–Kier alpha value is -1.83. The third-order valence-electron chi connectivity index (χ3n) is 7.29. The number of amides is 1. The van der Waals surface area contributed by atoms with E-state index in [0.29, 0.717) is 18.0 Å². The summed E-state index contributed by atoms with van der Waals surface area (Å²) >= 11 is 0. The van der Waals surface area contributed by atoms with Gasteiger partial charge in [-0.3, -0.25) is 9.80 Å². The van der Waals surface area contributed by atoms with E-state index in [2.05, 4.69) is 34.1 Å². The third kappa shape index (κ3) is 6.86. The van der Waals surface area contributed by atoms with Gasteiger partial charge in [0.05, 0.1) is 13.2 Å². The number of methoxy groups -OCH3 is 1. The molecule has 1 aromatic carbocycles. The molecule has 3 fully saturated rings. The SMILES string of the molecule is COCC1CCCN1Cc1cccc(OCC2CCC3CN(C(=O)OC(C)(C)C)CCN3C2)c1. The topological polar surface area (TPSA) is 54.5 Å². The molecule has 4 rings (SSSR count). The van der Waals surface area contributed by atoms with E-state index in [4.69, 9.17) is 14.2 Å². The van der Waals surface area contributed by atoms with Crippen molar-refractivity contribution in [1.82, 2.24) is 14.7 Å². The van der Waals surface area contributed by atoms with Gasteiger partial charge in [-0.1, -0.05) is 12.1 Å². The smallest absolute Gasteiger partial charge is 0.410 e. The van der Waals surface area contributed by atoms with Gasteiger partial charge in [-0.05, 0) is 70.7 Å². The second-order valence-electron chi connectivity index (χ2n) is 11.2. The van der Waals surface area contributed by atoms with Crippen molar-refractivity contribution >= 4 is 6.09 Å². The first-order chi connectivity index (χ1) is 16.3. The van der Waals surface area contributed by atoms with Crippen molar-refractivity contribution in [2.45, 2.75) is 70.7 Å². The van der Waals surface area contributed by atoms with Crippen LogP contribution < -0.4 is 4.74 Å². The predicted molar refractivity (Wildman–Crippen MR) is 133 cm³/mol. The highest BCUT2D eigenvalue weighted by Crippen LogP contribution is 2.27. The highest BCUT2D eigenvalue weighted by molar-refractivity contribution is 5.68. The number of hydrogen-bond acceptors (Lipinski definition) is 6. The number of likely N-dealkylation sites (tertiary alicyclic amines) is 1. The molecule has 3 aliphatic rings. The summed E-state index contributed by atoms with van der Waals surface area (Å²) in [6.07, 6.45) is 4.52. The molecule has 1 amide bonds. The van der Waals surface area contributed by atoms with Gasteiger partial charge in [-0.2, -0.15) is 0 Å². The lowest BCUT2D eigenvalue weighted by Crippen LogP contribution is -2.58. The molecule has 34 heavy (non-hydrogen) atoms. The summed E-state index contributed by atoms with van der Waals surface area (Å²) in [4.78, 5) is 19.4. The first-order valence-corrected chi connectivity index (χ1v) is 13.0. The number of piperazine rings is 1. The molecule has 0 saturated carbocycles. The summed E-state index contributed by atoms with van der Waals surface area (Å²) in [5, 5.41) is 0. The zero-order valence-corrected chi connectivity index (χ0v) is 21.5. The Bertz CT molecular complexity index is 811. The number of carbonyl (C=O) groups excluding carboxylic acids is 1. The number of fused-ring (bicyclic) bond motifs is 1. The fraction of sp³-hybridized carbons (Fsp3) is 0.741. The van der Waals surface area contributed by atoms with E-state index >= 15 is 0 Å². The summed E-state index contributed by atoms with van der Waals surface area (Å²) < 4.78 is 17.2. The average molecular weight is 474 g/mol. The van der Waals surface area contributed by atoms with Crippen LogP contribution in [0.5, 0.6) is 5.75 Å². The van der Waals surface area contributed by atoms with Crippen LogP contribution >= 0.6 is 0 Å². The molecule has 7 nitrogen and oxygen atoms in total. The maximum absolute atomic E-state index is 12.5. The minimum atomic E-state index is -0.444. The molecule has 7 heteroatoms. The molecule has 0 spiro atoms. The van der Waals surface area contributed by atoms with Crippen molar-refractivity contribution in [1.29, 1.82) is 0 Å². The van der Waals surface area contributed by atoms with Crippen LogP contribution in [0, 0.1) is 5.92 Å². The number of ether oxygens (including phenoxy) is 3. The summed E-state index contributed by atoms with van der Waals surface area (Å²) in [7, 11) is 1.79. The van der Waals surface area contributed by atoms with Gasteiger partial charge < -0.3 is 19.1 Å². The monoisotopic (exact) mass is 473 g/mol. The summed E-state index contributed by atoms with van der Waals surface area (Å²) in [5.74, 6) is 1.49. The number of benzene rings is 1. The Balaban J connectivity index is 1.23. The highest BCUT2D eigenvalue weighted by Gasteiger charge is 2.36. The molecular weight excluding hydrogens is 430 g/mol. The highest BCUT2D eigenvalue weighted by atomic mass is 16.6. The molecule has 1 aromatic rings. The lowest BCUT2D eigenvalue weighted by molar-refractivity contribution is -0.0122. The van der Waals surface area contributed by atoms with Gasteiger partial charge >= 0.3 is 6.09 Å². The van der Waals surface area contributed by atoms with E-state index in [1.165, 1.54) is 18.4 Å². The first kappa shape index (κ1) is 25.3. The molecule has 0 aromatic heterocycles. The molecule has 3 unspecified atom stereocenters. The van der Waals surface area contributed by atoms with Crippen molar-refractivity contribution in [3.63, 3.8) is 0 Å². The molecule has 3 aliphatic heterocycles. The lowest BCUT2D eigenvalue weighted by atomic mass is 9.91. The average Bonchev–Trinajstić information content (AvgIpc) is 3.23. The Kier molecular flexibility index (Phi) is 8.38. The molecule has 3 atom stereocenters. The molecule has 0 radical (unpaired) electrons. The standard InChI is InChI=1S/C27H43N3O4/c1-27(2,3)34-26(31)30-14-13-29-17-22(10-11-23(29)18-30)19-33-25-9-5-7-21(15-25)16-28-12-6-8-24(28)20-32-4/h5,7,9,15,22-24H,6,8,10-14,16-20H2,1-4H3. The Morgan fingerprint density at radius 1 is 1.06 bits per heavy atom. The Labute approximate surface area is 205 Å².